The molecule has 16 nitrogen and oxygen atoms in total. The summed E-state index contributed by atoms with van der Waals surface area (Å²) in [5.74, 6) is 0. The van der Waals surface area contributed by atoms with Gasteiger partial charge in [-0.25, -0.2) is 0 Å². The molecule has 0 aliphatic carbocycles. The van der Waals surface area contributed by atoms with Gasteiger partial charge >= 0.3 is 118 Å². The van der Waals surface area contributed by atoms with E-state index in [9.17, 15) is 57.4 Å². The van der Waals surface area contributed by atoms with Crippen LogP contribution in [0, 0.1) is 0 Å². The molecule has 0 saturated carbocycles. The fourth-order valence-electron chi connectivity index (χ4n) is 1.05. The zero-order valence-corrected chi connectivity index (χ0v) is 26.1. The Labute approximate surface area is 241 Å². The fraction of sp³-hybridized carbons (Fsp3) is 1.00. The van der Waals surface area contributed by atoms with E-state index >= 15 is 0 Å². The van der Waals surface area contributed by atoms with E-state index in [-0.39, 0.29) is 140 Å². The van der Waals surface area contributed by atoms with Crippen LogP contribution in [0.1, 0.15) is 6.42 Å². The topological polar surface area (TPSA) is 379 Å². The Balaban J connectivity index is -0.0000000579. The summed E-state index contributed by atoms with van der Waals surface area (Å²) >= 11 is 0. The molecular formula is C3H12Na4O16P4-4. The van der Waals surface area contributed by atoms with Gasteiger partial charge in [0.15, 0.2) is 0 Å². The van der Waals surface area contributed by atoms with Crippen molar-refractivity contribution in [1.29, 1.82) is 0 Å². The molecule has 148 valence electrons. The van der Waals surface area contributed by atoms with Gasteiger partial charge in [-0.1, -0.05) is 30.4 Å². The predicted molar refractivity (Wildman–Crippen MR) is 57.1 cm³/mol. The van der Waals surface area contributed by atoms with E-state index in [1.807, 2.05) is 0 Å². The third kappa shape index (κ3) is 23.4. The quantitative estimate of drug-likeness (QED) is 0.233. The minimum Gasteiger partial charge on any atom is -0.810 e. The summed E-state index contributed by atoms with van der Waals surface area (Å²) in [4.78, 5) is 83.8. The van der Waals surface area contributed by atoms with Crippen LogP contribution in [0.4, 0.5) is 0 Å². The van der Waals surface area contributed by atoms with Gasteiger partial charge in [0, 0.05) is 10.8 Å². The van der Waals surface area contributed by atoms with Crippen LogP contribution in [0.25, 0.3) is 0 Å². The van der Waals surface area contributed by atoms with Gasteiger partial charge in [0.1, 0.15) is 0 Å². The first-order chi connectivity index (χ1) is 7.97. The molecule has 0 radical (unpaired) electrons. The first-order valence-electron chi connectivity index (χ1n) is 4.04. The maximum atomic E-state index is 10.5. The Morgan fingerprint density at radius 2 is 0.556 bits per heavy atom. The van der Waals surface area contributed by atoms with E-state index in [0.29, 0.717) is 0 Å². The average molecular weight is 520 g/mol. The molecule has 0 fully saturated rings. The van der Waals surface area contributed by atoms with Crippen LogP contribution in [0.5, 0.6) is 0 Å². The van der Waals surface area contributed by atoms with Gasteiger partial charge < -0.3 is 79.3 Å². The van der Waals surface area contributed by atoms with Crippen molar-refractivity contribution < 1.29 is 198 Å². The van der Waals surface area contributed by atoms with Crippen molar-refractivity contribution in [2.45, 2.75) is 17.2 Å². The van der Waals surface area contributed by atoms with Crippen LogP contribution < -0.4 is 157 Å². The van der Waals surface area contributed by atoms with Gasteiger partial charge in [-0.05, 0) is 6.42 Å². The van der Waals surface area contributed by atoms with Crippen LogP contribution in [0.3, 0.4) is 0 Å². The molecule has 0 bridgehead atoms. The molecule has 0 rings (SSSR count). The minimum absolute atomic E-state index is 0. The molecule has 0 aromatic rings. The fourth-order valence-corrected chi connectivity index (χ4v) is 6.36. The van der Waals surface area contributed by atoms with Crippen LogP contribution in [0.15, 0.2) is 0 Å². The van der Waals surface area contributed by atoms with Gasteiger partial charge in [0.2, 0.25) is 0 Å². The van der Waals surface area contributed by atoms with Crippen molar-refractivity contribution in [2.75, 3.05) is 0 Å². The van der Waals surface area contributed by atoms with Crippen molar-refractivity contribution in [3.8, 4) is 0 Å². The monoisotopic (exact) mass is 520 g/mol. The second kappa shape index (κ2) is 21.0. The van der Waals surface area contributed by atoms with E-state index in [2.05, 4.69) is 0 Å². The van der Waals surface area contributed by atoms with Gasteiger partial charge in [0.25, 0.3) is 0 Å². The molecule has 0 aliphatic heterocycles. The SMILES string of the molecule is O.O.O.O.O=P([O-])([O-])C(CC(P(=O)([O-])[O-])P(=O)([O-])[O-])P(=O)([O-])[O-].[Na+].[Na+].[Na+].[Na+]. The largest absolute Gasteiger partial charge is 1.00 e. The van der Waals surface area contributed by atoms with Gasteiger partial charge in [-0.3, -0.25) is 0 Å². The Kier molecular flexibility index (Phi) is 45.0. The summed E-state index contributed by atoms with van der Waals surface area (Å²) in [6.07, 6.45) is -2.23. The van der Waals surface area contributed by atoms with E-state index < -0.39 is 47.6 Å². The van der Waals surface area contributed by atoms with Crippen molar-refractivity contribution in [3.63, 3.8) is 0 Å². The van der Waals surface area contributed by atoms with Crippen LogP contribution >= 0.6 is 30.4 Å². The Bertz CT molecular complexity index is 428. The zero-order valence-electron chi connectivity index (χ0n) is 14.5. The second-order valence-corrected chi connectivity index (χ2v) is 11.0. The number of rotatable bonds is 6. The first kappa shape index (κ1) is 57.9. The summed E-state index contributed by atoms with van der Waals surface area (Å²) in [6.45, 7) is 0. The number of hydrogen-bond donors (Lipinski definition) is 0. The molecule has 0 aliphatic rings. The summed E-state index contributed by atoms with van der Waals surface area (Å²) < 4.78 is 41.9. The second-order valence-electron chi connectivity index (χ2n) is 3.36. The molecule has 0 unspecified atom stereocenters. The molecule has 0 spiro atoms. The Morgan fingerprint density at radius 1 is 0.444 bits per heavy atom. The maximum Gasteiger partial charge on any atom is 1.00 e. The standard InChI is InChI=1S/C3H12O12P4.4Na.4H2O/c4-16(5,6)2(17(7,8)9)1-3(18(10,11)12)19(13,14)15;;;;;;;;/h2-3H,1H2,(H2,4,5,6)(H2,7,8,9)(H2,10,11,12)(H2,13,14,15);;;;;4*1H2/q;4*+1;;;;/p-8. The summed E-state index contributed by atoms with van der Waals surface area (Å²) in [5, 5.41) is -7.03. The molecule has 8 N–H and O–H groups in total. The molecular weight excluding hydrogens is 508 g/mol. The predicted octanol–water partition coefficient (Wildman–Crippen LogP) is -21.6. The van der Waals surface area contributed by atoms with Gasteiger partial charge in [-0.15, -0.1) is 0 Å². The van der Waals surface area contributed by atoms with E-state index in [1.54, 1.807) is 0 Å². The van der Waals surface area contributed by atoms with Crippen molar-refractivity contribution >= 4 is 30.4 Å². The smallest absolute Gasteiger partial charge is 0.810 e. The minimum atomic E-state index is -6.28. The summed E-state index contributed by atoms with van der Waals surface area (Å²) in [6, 6.07) is 0. The summed E-state index contributed by atoms with van der Waals surface area (Å²) in [7, 11) is -25.1. The van der Waals surface area contributed by atoms with E-state index in [4.69, 9.17) is 0 Å². The van der Waals surface area contributed by atoms with Crippen molar-refractivity contribution in [1.82, 2.24) is 0 Å². The van der Waals surface area contributed by atoms with E-state index in [1.165, 1.54) is 0 Å². The van der Waals surface area contributed by atoms with Crippen LogP contribution in [0.2, 0.25) is 0 Å². The molecule has 0 aromatic heterocycles. The van der Waals surface area contributed by atoms with Crippen LogP contribution in [-0.2, 0) is 18.3 Å². The molecule has 24 heteroatoms. The molecule has 0 atom stereocenters. The number of hydrogen-bond acceptors (Lipinski definition) is 12. The zero-order chi connectivity index (χ0) is 15.9. The molecule has 0 aromatic carbocycles. The third-order valence-corrected chi connectivity index (χ3v) is 9.04. The van der Waals surface area contributed by atoms with Gasteiger partial charge in [0.05, 0.1) is 0 Å². The van der Waals surface area contributed by atoms with E-state index in [0.717, 1.165) is 0 Å². The molecule has 0 saturated heterocycles. The summed E-state index contributed by atoms with van der Waals surface area (Å²) in [5.41, 5.74) is 0. The maximum absolute atomic E-state index is 10.5. The molecule has 0 amide bonds. The van der Waals surface area contributed by atoms with Crippen molar-refractivity contribution in [2.24, 2.45) is 0 Å². The van der Waals surface area contributed by atoms with Crippen LogP contribution in [-0.4, -0.2) is 32.7 Å². The molecule has 27 heavy (non-hydrogen) atoms. The average Bonchev–Trinajstić information content (AvgIpc) is 1.91. The van der Waals surface area contributed by atoms with Gasteiger partial charge in [-0.2, -0.15) is 0 Å². The first-order valence-corrected chi connectivity index (χ1v) is 10.5. The normalized spacial score (nSPS) is 10.7. The Hall–Kier alpha value is 4.44. The Morgan fingerprint density at radius 3 is 0.630 bits per heavy atom. The van der Waals surface area contributed by atoms with Crippen molar-refractivity contribution in [3.05, 3.63) is 0 Å². The molecule has 0 heterocycles. The third-order valence-electron chi connectivity index (χ3n) is 1.88.